The number of nitrogens with zero attached hydrogens (tertiary/aromatic N) is 5. The molecule has 8 nitrogen and oxygen atoms in total. The molecule has 2 aromatic rings. The van der Waals surface area contributed by atoms with Crippen molar-refractivity contribution in [1.29, 1.82) is 0 Å². The Morgan fingerprint density at radius 3 is 2.57 bits per heavy atom. The van der Waals surface area contributed by atoms with Crippen LogP contribution in [0.5, 0.6) is 0 Å². The van der Waals surface area contributed by atoms with Crippen LogP contribution in [0, 0.1) is 5.92 Å². The topological polar surface area (TPSA) is 82.2 Å². The molecule has 23 heavy (non-hydrogen) atoms. The highest BCUT2D eigenvalue weighted by Gasteiger charge is 2.35. The molecule has 0 bridgehead atoms. The van der Waals surface area contributed by atoms with E-state index in [0.717, 1.165) is 11.6 Å². The second-order valence-electron chi connectivity index (χ2n) is 5.95. The van der Waals surface area contributed by atoms with Gasteiger partial charge in [0.2, 0.25) is 10.0 Å². The molecule has 0 aromatic carbocycles. The van der Waals surface area contributed by atoms with E-state index >= 15 is 0 Å². The van der Waals surface area contributed by atoms with E-state index < -0.39 is 10.0 Å². The predicted octanol–water partition coefficient (Wildman–Crippen LogP) is 0.362. The van der Waals surface area contributed by atoms with Crippen LogP contribution in [0.25, 0.3) is 11.6 Å². The summed E-state index contributed by atoms with van der Waals surface area (Å²) in [5, 5.41) is 0. The largest absolute Gasteiger partial charge is 0.379 e. The number of rotatable bonds is 5. The molecule has 3 rings (SSSR count). The molecule has 0 amide bonds. The second kappa shape index (κ2) is 6.06. The van der Waals surface area contributed by atoms with Crippen LogP contribution in [0.3, 0.4) is 0 Å². The summed E-state index contributed by atoms with van der Waals surface area (Å²) in [6.07, 6.45) is 7.14. The number of sulfonamides is 1. The van der Waals surface area contributed by atoms with Gasteiger partial charge in [0.15, 0.2) is 11.6 Å². The zero-order valence-corrected chi connectivity index (χ0v) is 14.3. The van der Waals surface area contributed by atoms with E-state index in [1.54, 1.807) is 26.5 Å². The van der Waals surface area contributed by atoms with Crippen LogP contribution in [-0.4, -0.2) is 64.9 Å². The molecule has 0 radical (unpaired) electrons. The number of hydrogen-bond donors (Lipinski definition) is 0. The van der Waals surface area contributed by atoms with Crippen LogP contribution >= 0.6 is 0 Å². The summed E-state index contributed by atoms with van der Waals surface area (Å²) in [7, 11) is 1.73. The van der Waals surface area contributed by atoms with Gasteiger partial charge in [0.05, 0.1) is 25.0 Å². The van der Waals surface area contributed by atoms with Crippen molar-refractivity contribution in [3.8, 4) is 11.6 Å². The average molecular weight is 339 g/mol. The molecular formula is C14H21N5O3S. The lowest BCUT2D eigenvalue weighted by Crippen LogP contribution is -2.32. The molecule has 1 aliphatic rings. The fourth-order valence-electron chi connectivity index (χ4n) is 2.81. The van der Waals surface area contributed by atoms with Crippen molar-refractivity contribution in [3.05, 3.63) is 24.8 Å². The van der Waals surface area contributed by atoms with Crippen molar-refractivity contribution >= 4 is 10.0 Å². The Kier molecular flexibility index (Phi) is 4.26. The summed E-state index contributed by atoms with van der Waals surface area (Å²) in [6, 6.07) is -0.0704. The van der Waals surface area contributed by atoms with Crippen molar-refractivity contribution < 1.29 is 13.2 Å². The van der Waals surface area contributed by atoms with Gasteiger partial charge in [-0.15, -0.1) is 0 Å². The van der Waals surface area contributed by atoms with E-state index in [9.17, 15) is 8.42 Å². The predicted molar refractivity (Wildman–Crippen MR) is 85.2 cm³/mol. The molecule has 1 fully saturated rings. The Hall–Kier alpha value is -1.71. The van der Waals surface area contributed by atoms with Crippen LogP contribution in [0.2, 0.25) is 0 Å². The molecule has 9 heteroatoms. The van der Waals surface area contributed by atoms with E-state index in [1.807, 2.05) is 28.6 Å². The Balaban J connectivity index is 1.90. The van der Waals surface area contributed by atoms with Gasteiger partial charge in [-0.05, 0) is 0 Å². The molecule has 0 unspecified atom stereocenters. The SMILES string of the molecule is CN(C)S(=O)(=O)C[C@H]1COC[C@H]1n1ccnc1-c1nccn1C. The molecule has 0 aliphatic carbocycles. The molecule has 2 atom stereocenters. The van der Waals surface area contributed by atoms with Gasteiger partial charge in [0, 0.05) is 51.8 Å². The van der Waals surface area contributed by atoms with Crippen molar-refractivity contribution in [2.75, 3.05) is 33.1 Å². The molecule has 126 valence electrons. The van der Waals surface area contributed by atoms with Crippen LogP contribution < -0.4 is 0 Å². The van der Waals surface area contributed by atoms with Crippen LogP contribution in [0.15, 0.2) is 24.8 Å². The minimum Gasteiger partial charge on any atom is -0.379 e. The van der Waals surface area contributed by atoms with Crippen LogP contribution in [-0.2, 0) is 21.8 Å². The quantitative estimate of drug-likeness (QED) is 0.786. The highest BCUT2D eigenvalue weighted by molar-refractivity contribution is 7.89. The maximum Gasteiger partial charge on any atom is 0.214 e. The Labute approximate surface area is 135 Å². The molecule has 1 saturated heterocycles. The third kappa shape index (κ3) is 3.04. The minimum absolute atomic E-state index is 0.0584. The van der Waals surface area contributed by atoms with E-state index in [4.69, 9.17) is 4.74 Å². The van der Waals surface area contributed by atoms with Crippen LogP contribution in [0.4, 0.5) is 0 Å². The highest BCUT2D eigenvalue weighted by Crippen LogP contribution is 2.31. The van der Waals surface area contributed by atoms with E-state index in [0.29, 0.717) is 13.2 Å². The summed E-state index contributed by atoms with van der Waals surface area (Å²) in [6.45, 7) is 0.900. The van der Waals surface area contributed by atoms with E-state index in [2.05, 4.69) is 9.97 Å². The van der Waals surface area contributed by atoms with Gasteiger partial charge in [-0.25, -0.2) is 22.7 Å². The molecule has 3 heterocycles. The Bertz CT molecular complexity index is 780. The molecule has 0 saturated carbocycles. The minimum atomic E-state index is -3.28. The van der Waals surface area contributed by atoms with Gasteiger partial charge in [0.25, 0.3) is 0 Å². The number of imidazole rings is 2. The summed E-state index contributed by atoms with van der Waals surface area (Å²) in [5.74, 6) is 1.41. The number of hydrogen-bond acceptors (Lipinski definition) is 5. The van der Waals surface area contributed by atoms with Crippen molar-refractivity contribution in [2.24, 2.45) is 13.0 Å². The lowest BCUT2D eigenvalue weighted by molar-refractivity contribution is 0.182. The van der Waals surface area contributed by atoms with Gasteiger partial charge in [0.1, 0.15) is 0 Å². The third-order valence-corrected chi connectivity index (χ3v) is 6.15. The molecule has 0 spiro atoms. The maximum absolute atomic E-state index is 12.2. The maximum atomic E-state index is 12.2. The van der Waals surface area contributed by atoms with E-state index in [1.165, 1.54) is 4.31 Å². The normalized spacial score (nSPS) is 22.1. The second-order valence-corrected chi connectivity index (χ2v) is 8.17. The third-order valence-electron chi connectivity index (χ3n) is 4.19. The smallest absolute Gasteiger partial charge is 0.214 e. The zero-order valence-electron chi connectivity index (χ0n) is 13.5. The summed E-state index contributed by atoms with van der Waals surface area (Å²) in [5.41, 5.74) is 0. The fraction of sp³-hybridized carbons (Fsp3) is 0.571. The Morgan fingerprint density at radius 1 is 1.22 bits per heavy atom. The number of aryl methyl sites for hydroxylation is 1. The van der Waals surface area contributed by atoms with Crippen molar-refractivity contribution in [1.82, 2.24) is 23.4 Å². The summed E-state index contributed by atoms with van der Waals surface area (Å²) < 4.78 is 35.1. The first-order chi connectivity index (χ1) is 10.9. The molecule has 2 aromatic heterocycles. The van der Waals surface area contributed by atoms with E-state index in [-0.39, 0.29) is 17.7 Å². The van der Waals surface area contributed by atoms with Gasteiger partial charge < -0.3 is 13.9 Å². The first-order valence-electron chi connectivity index (χ1n) is 7.38. The number of ether oxygens (including phenoxy) is 1. The lowest BCUT2D eigenvalue weighted by Gasteiger charge is -2.22. The van der Waals surface area contributed by atoms with Gasteiger partial charge in [-0.3, -0.25) is 0 Å². The van der Waals surface area contributed by atoms with Crippen molar-refractivity contribution in [3.63, 3.8) is 0 Å². The van der Waals surface area contributed by atoms with Gasteiger partial charge >= 0.3 is 0 Å². The monoisotopic (exact) mass is 339 g/mol. The Morgan fingerprint density at radius 2 is 1.91 bits per heavy atom. The molecular weight excluding hydrogens is 318 g/mol. The molecule has 1 aliphatic heterocycles. The van der Waals surface area contributed by atoms with Crippen LogP contribution in [0.1, 0.15) is 6.04 Å². The standard InChI is InChI=1S/C14H21N5O3S/c1-17(2)23(20,21)10-11-8-22-9-12(11)19-7-5-16-14(19)13-15-4-6-18(13)3/h4-7,11-12H,8-10H2,1-3H3/t11-,12-/m1/s1. The average Bonchev–Trinajstić information content (AvgIpc) is 3.17. The zero-order chi connectivity index (χ0) is 16.6. The molecule has 0 N–H and O–H groups in total. The first kappa shape index (κ1) is 16.2. The summed E-state index contributed by atoms with van der Waals surface area (Å²) in [4.78, 5) is 8.72. The van der Waals surface area contributed by atoms with Gasteiger partial charge in [-0.2, -0.15) is 0 Å². The lowest BCUT2D eigenvalue weighted by atomic mass is 10.1. The van der Waals surface area contributed by atoms with Crippen molar-refractivity contribution in [2.45, 2.75) is 6.04 Å². The fourth-order valence-corrected chi connectivity index (χ4v) is 3.97. The highest BCUT2D eigenvalue weighted by atomic mass is 32.2. The first-order valence-corrected chi connectivity index (χ1v) is 8.99. The van der Waals surface area contributed by atoms with Gasteiger partial charge in [-0.1, -0.05) is 0 Å². The summed E-state index contributed by atoms with van der Waals surface area (Å²) >= 11 is 0. The number of aromatic nitrogens is 4.